The first-order valence-corrected chi connectivity index (χ1v) is 9.16. The van der Waals surface area contributed by atoms with E-state index in [-0.39, 0.29) is 12.0 Å². The Morgan fingerprint density at radius 2 is 1.93 bits per heavy atom. The third-order valence-corrected chi connectivity index (χ3v) is 4.72. The molecule has 1 fully saturated rings. The summed E-state index contributed by atoms with van der Waals surface area (Å²) in [6.07, 6.45) is 4.79. The number of piperidine rings is 1. The van der Waals surface area contributed by atoms with Gasteiger partial charge >= 0.3 is 6.01 Å². The van der Waals surface area contributed by atoms with Crippen molar-refractivity contribution in [2.75, 3.05) is 20.2 Å². The number of benzene rings is 1. The zero-order valence-electron chi connectivity index (χ0n) is 15.5. The average molecular weight is 379 g/mol. The monoisotopic (exact) mass is 379 g/mol. The highest BCUT2D eigenvalue weighted by molar-refractivity contribution is 5.93. The molecular formula is C20H21N5O3. The largest absolute Gasteiger partial charge is 0.497 e. The van der Waals surface area contributed by atoms with Crippen LogP contribution in [-0.4, -0.2) is 57.3 Å². The number of methoxy groups -OCH3 is 1. The van der Waals surface area contributed by atoms with Gasteiger partial charge in [-0.1, -0.05) is 12.1 Å². The minimum Gasteiger partial charge on any atom is -0.497 e. The van der Waals surface area contributed by atoms with Crippen LogP contribution in [0.15, 0.2) is 48.8 Å². The fourth-order valence-corrected chi connectivity index (χ4v) is 3.20. The predicted octanol–water partition coefficient (Wildman–Crippen LogP) is 2.56. The molecular weight excluding hydrogens is 358 g/mol. The minimum atomic E-state index is -0.0592. The molecule has 1 aromatic carbocycles. The van der Waals surface area contributed by atoms with Crippen LogP contribution in [0.2, 0.25) is 0 Å². The molecule has 28 heavy (non-hydrogen) atoms. The molecule has 0 radical (unpaired) electrons. The Kier molecular flexibility index (Phi) is 5.18. The molecule has 0 bridgehead atoms. The van der Waals surface area contributed by atoms with Crippen LogP contribution in [0.4, 0.5) is 0 Å². The lowest BCUT2D eigenvalue weighted by Crippen LogP contribution is -2.42. The third-order valence-electron chi connectivity index (χ3n) is 4.72. The summed E-state index contributed by atoms with van der Waals surface area (Å²) in [4.78, 5) is 22.8. The molecule has 8 heteroatoms. The summed E-state index contributed by atoms with van der Waals surface area (Å²) < 4.78 is 11.0. The quantitative estimate of drug-likeness (QED) is 0.732. The highest BCUT2D eigenvalue weighted by Crippen LogP contribution is 2.23. The number of hydrogen-bond acceptors (Lipinski definition) is 6. The molecule has 1 N–H and O–H groups in total. The second-order valence-corrected chi connectivity index (χ2v) is 6.54. The highest BCUT2D eigenvalue weighted by Gasteiger charge is 2.26. The van der Waals surface area contributed by atoms with E-state index in [0.29, 0.717) is 30.5 Å². The van der Waals surface area contributed by atoms with Crippen LogP contribution in [0.25, 0.3) is 11.3 Å². The summed E-state index contributed by atoms with van der Waals surface area (Å²) in [5, 5.41) is 7.14. The lowest BCUT2D eigenvalue weighted by molar-refractivity contribution is 0.0573. The average Bonchev–Trinajstić information content (AvgIpc) is 3.25. The van der Waals surface area contributed by atoms with Gasteiger partial charge in [-0.15, -0.1) is 0 Å². The number of carbonyl (C=O) groups excluding carboxylic acids is 1. The first-order chi connectivity index (χ1) is 13.7. The molecule has 1 aliphatic heterocycles. The third kappa shape index (κ3) is 3.95. The summed E-state index contributed by atoms with van der Waals surface area (Å²) in [5.74, 6) is 0.689. The minimum absolute atomic E-state index is 0.0144. The molecule has 0 saturated carbocycles. The number of nitrogens with one attached hydrogen (secondary N) is 1. The SMILES string of the molecule is COc1cccc(-c2cc(C(=O)N3CCC(Oc4ncccn4)CC3)[nH]n2)c1. The maximum Gasteiger partial charge on any atom is 0.316 e. The van der Waals surface area contributed by atoms with Crippen molar-refractivity contribution in [1.82, 2.24) is 25.1 Å². The van der Waals surface area contributed by atoms with E-state index in [1.807, 2.05) is 29.2 Å². The second-order valence-electron chi connectivity index (χ2n) is 6.54. The van der Waals surface area contributed by atoms with Crippen molar-refractivity contribution < 1.29 is 14.3 Å². The smallest absolute Gasteiger partial charge is 0.316 e. The molecule has 0 atom stereocenters. The maximum atomic E-state index is 12.8. The topological polar surface area (TPSA) is 93.2 Å². The van der Waals surface area contributed by atoms with Gasteiger partial charge in [-0.3, -0.25) is 9.89 Å². The zero-order chi connectivity index (χ0) is 19.3. The van der Waals surface area contributed by atoms with E-state index in [9.17, 15) is 4.79 Å². The highest BCUT2D eigenvalue weighted by atomic mass is 16.5. The van der Waals surface area contributed by atoms with E-state index < -0.39 is 0 Å². The van der Waals surface area contributed by atoms with E-state index in [2.05, 4.69) is 20.2 Å². The number of aromatic amines is 1. The van der Waals surface area contributed by atoms with Gasteiger partial charge in [0.2, 0.25) is 0 Å². The molecule has 3 aromatic rings. The van der Waals surface area contributed by atoms with Crippen molar-refractivity contribution in [1.29, 1.82) is 0 Å². The fourth-order valence-electron chi connectivity index (χ4n) is 3.20. The van der Waals surface area contributed by atoms with Crippen LogP contribution >= 0.6 is 0 Å². The first kappa shape index (κ1) is 18.0. The van der Waals surface area contributed by atoms with Gasteiger partial charge < -0.3 is 14.4 Å². The van der Waals surface area contributed by atoms with Gasteiger partial charge in [0.1, 0.15) is 17.5 Å². The molecule has 3 heterocycles. The Hall–Kier alpha value is -3.42. The van der Waals surface area contributed by atoms with Crippen molar-refractivity contribution in [2.45, 2.75) is 18.9 Å². The van der Waals surface area contributed by atoms with Gasteiger partial charge in [0, 0.05) is 43.9 Å². The van der Waals surface area contributed by atoms with Crippen molar-refractivity contribution in [3.63, 3.8) is 0 Å². The number of hydrogen-bond donors (Lipinski definition) is 1. The molecule has 0 spiro atoms. The van der Waals surface area contributed by atoms with Crippen LogP contribution in [0, 0.1) is 0 Å². The van der Waals surface area contributed by atoms with Gasteiger partial charge in [-0.25, -0.2) is 9.97 Å². The van der Waals surface area contributed by atoms with E-state index in [4.69, 9.17) is 9.47 Å². The number of rotatable bonds is 5. The summed E-state index contributed by atoms with van der Waals surface area (Å²) in [6.45, 7) is 1.23. The summed E-state index contributed by atoms with van der Waals surface area (Å²) in [6, 6.07) is 11.5. The van der Waals surface area contributed by atoms with Gasteiger partial charge in [0.15, 0.2) is 0 Å². The Bertz CT molecular complexity index is 936. The van der Waals surface area contributed by atoms with Gasteiger partial charge in [-0.05, 0) is 24.3 Å². The molecule has 0 aliphatic carbocycles. The molecule has 0 unspecified atom stereocenters. The van der Waals surface area contributed by atoms with Crippen LogP contribution in [0.5, 0.6) is 11.8 Å². The molecule has 1 saturated heterocycles. The van der Waals surface area contributed by atoms with E-state index in [1.54, 1.807) is 31.6 Å². The predicted molar refractivity (Wildman–Crippen MR) is 102 cm³/mol. The zero-order valence-corrected chi connectivity index (χ0v) is 15.5. The molecule has 2 aromatic heterocycles. The van der Waals surface area contributed by atoms with E-state index >= 15 is 0 Å². The van der Waals surface area contributed by atoms with Crippen LogP contribution in [-0.2, 0) is 0 Å². The molecule has 4 rings (SSSR count). The Morgan fingerprint density at radius 1 is 1.14 bits per heavy atom. The van der Waals surface area contributed by atoms with Crippen molar-refractivity contribution >= 4 is 5.91 Å². The lowest BCUT2D eigenvalue weighted by Gasteiger charge is -2.31. The van der Waals surface area contributed by atoms with Crippen LogP contribution in [0.3, 0.4) is 0 Å². The standard InChI is InChI=1S/C20H21N5O3/c1-27-16-5-2-4-14(12-16)17-13-18(24-23-17)19(26)25-10-6-15(7-11-25)28-20-21-8-3-9-22-20/h2-5,8-9,12-13,15H,6-7,10-11H2,1H3,(H,23,24). The Morgan fingerprint density at radius 3 is 2.68 bits per heavy atom. The molecule has 144 valence electrons. The summed E-state index contributed by atoms with van der Waals surface area (Å²) >= 11 is 0. The van der Waals surface area contributed by atoms with Crippen molar-refractivity contribution in [3.05, 3.63) is 54.5 Å². The maximum absolute atomic E-state index is 12.8. The lowest BCUT2D eigenvalue weighted by atomic mass is 10.1. The normalized spacial score (nSPS) is 14.7. The molecule has 8 nitrogen and oxygen atoms in total. The second kappa shape index (κ2) is 8.08. The van der Waals surface area contributed by atoms with Crippen LogP contribution in [0.1, 0.15) is 23.3 Å². The van der Waals surface area contributed by atoms with Gasteiger partial charge in [0.25, 0.3) is 5.91 Å². The van der Waals surface area contributed by atoms with E-state index in [0.717, 1.165) is 24.2 Å². The Balaban J connectivity index is 1.37. The van der Waals surface area contributed by atoms with Gasteiger partial charge in [0.05, 0.1) is 12.8 Å². The van der Waals surface area contributed by atoms with Crippen molar-refractivity contribution in [3.8, 4) is 23.0 Å². The number of aromatic nitrogens is 4. The number of ether oxygens (including phenoxy) is 2. The molecule has 1 aliphatic rings. The van der Waals surface area contributed by atoms with Crippen molar-refractivity contribution in [2.24, 2.45) is 0 Å². The summed E-state index contributed by atoms with van der Waals surface area (Å²) in [5.41, 5.74) is 2.08. The fraction of sp³-hybridized carbons (Fsp3) is 0.300. The number of H-pyrrole nitrogens is 1. The first-order valence-electron chi connectivity index (χ1n) is 9.16. The Labute approximate surface area is 162 Å². The number of likely N-dealkylation sites (tertiary alicyclic amines) is 1. The van der Waals surface area contributed by atoms with Crippen LogP contribution < -0.4 is 9.47 Å². The number of amides is 1. The van der Waals surface area contributed by atoms with Gasteiger partial charge in [-0.2, -0.15) is 5.10 Å². The summed E-state index contributed by atoms with van der Waals surface area (Å²) in [7, 11) is 1.62. The molecule has 1 amide bonds. The van der Waals surface area contributed by atoms with E-state index in [1.165, 1.54) is 0 Å². The number of nitrogens with zero attached hydrogens (tertiary/aromatic N) is 4. The number of carbonyl (C=O) groups is 1.